The fourth-order valence-corrected chi connectivity index (χ4v) is 2.88. The molecule has 0 aliphatic carbocycles. The number of hydrogen-bond acceptors (Lipinski definition) is 3. The Kier molecular flexibility index (Phi) is 4.89. The summed E-state index contributed by atoms with van der Waals surface area (Å²) in [6, 6.07) is 6.35. The van der Waals surface area contributed by atoms with Crippen LogP contribution in [0.5, 0.6) is 0 Å². The van der Waals surface area contributed by atoms with Crippen LogP contribution in [0.4, 0.5) is 5.69 Å². The molecule has 1 heterocycles. The lowest BCUT2D eigenvalue weighted by molar-refractivity contribution is -0.121. The smallest absolute Gasteiger partial charge is 0.222 e. The Morgan fingerprint density at radius 3 is 2.90 bits per heavy atom. The summed E-state index contributed by atoms with van der Waals surface area (Å²) < 4.78 is 0. The third-order valence-electron chi connectivity index (χ3n) is 3.68. The Labute approximate surface area is 125 Å². The Morgan fingerprint density at radius 2 is 2.30 bits per heavy atom. The lowest BCUT2D eigenvalue weighted by Gasteiger charge is -2.24. The van der Waals surface area contributed by atoms with Gasteiger partial charge in [0.25, 0.3) is 0 Å². The van der Waals surface area contributed by atoms with E-state index in [1.54, 1.807) is 0 Å². The van der Waals surface area contributed by atoms with Crippen molar-refractivity contribution in [3.8, 4) is 0 Å². The normalized spacial score (nSPS) is 18.8. The van der Waals surface area contributed by atoms with Gasteiger partial charge in [-0.25, -0.2) is 0 Å². The molecular weight excluding hydrogens is 274 g/mol. The number of anilines is 1. The molecule has 110 valence electrons. The minimum absolute atomic E-state index is 0.0721. The lowest BCUT2D eigenvalue weighted by Crippen LogP contribution is -2.29. The molecule has 5 heteroatoms. The summed E-state index contributed by atoms with van der Waals surface area (Å²) in [5.74, 6) is -0.293. The van der Waals surface area contributed by atoms with Gasteiger partial charge in [0.2, 0.25) is 5.91 Å². The van der Waals surface area contributed by atoms with E-state index in [4.69, 9.17) is 17.3 Å². The van der Waals surface area contributed by atoms with Crippen LogP contribution in [0.3, 0.4) is 0 Å². The van der Waals surface area contributed by atoms with Crippen LogP contribution in [0.25, 0.3) is 0 Å². The Balaban J connectivity index is 2.20. The van der Waals surface area contributed by atoms with E-state index in [2.05, 4.69) is 30.1 Å². The molecule has 1 atom stereocenters. The van der Waals surface area contributed by atoms with Crippen LogP contribution in [-0.2, 0) is 11.3 Å². The van der Waals surface area contributed by atoms with E-state index in [1.807, 2.05) is 12.1 Å². The first-order valence-corrected chi connectivity index (χ1v) is 7.42. The van der Waals surface area contributed by atoms with Gasteiger partial charge in [0, 0.05) is 25.7 Å². The van der Waals surface area contributed by atoms with E-state index in [-0.39, 0.29) is 11.8 Å². The monoisotopic (exact) mass is 295 g/mol. The minimum Gasteiger partial charge on any atom is -0.369 e. The molecule has 0 spiro atoms. The van der Waals surface area contributed by atoms with E-state index in [0.717, 1.165) is 35.8 Å². The molecule has 1 unspecified atom stereocenters. The van der Waals surface area contributed by atoms with Gasteiger partial charge in [-0.2, -0.15) is 0 Å². The molecule has 1 aliphatic heterocycles. The van der Waals surface area contributed by atoms with Gasteiger partial charge < -0.3 is 16.0 Å². The summed E-state index contributed by atoms with van der Waals surface area (Å²) in [4.78, 5) is 13.5. The number of primary amides is 1. The first kappa shape index (κ1) is 15.1. The number of amides is 1. The largest absolute Gasteiger partial charge is 0.369 e. The molecule has 4 nitrogen and oxygen atoms in total. The highest BCUT2D eigenvalue weighted by Crippen LogP contribution is 2.33. The molecule has 20 heavy (non-hydrogen) atoms. The fourth-order valence-electron chi connectivity index (χ4n) is 2.57. The first-order valence-electron chi connectivity index (χ1n) is 7.04. The van der Waals surface area contributed by atoms with Crippen molar-refractivity contribution < 1.29 is 4.79 Å². The number of hydrogen-bond donors (Lipinski definition) is 2. The third kappa shape index (κ3) is 3.44. The van der Waals surface area contributed by atoms with Crippen molar-refractivity contribution in [3.63, 3.8) is 0 Å². The average Bonchev–Trinajstić information content (AvgIpc) is 2.85. The zero-order valence-electron chi connectivity index (χ0n) is 12.0. The molecule has 0 bridgehead atoms. The van der Waals surface area contributed by atoms with E-state index >= 15 is 0 Å². The van der Waals surface area contributed by atoms with Crippen LogP contribution < -0.4 is 16.0 Å². The van der Waals surface area contributed by atoms with Crippen LogP contribution >= 0.6 is 11.6 Å². The first-order chi connectivity index (χ1) is 9.49. The van der Waals surface area contributed by atoms with Gasteiger partial charge in [-0.15, -0.1) is 0 Å². The molecule has 1 amide bonds. The number of para-hydroxylation sites is 1. The zero-order valence-corrected chi connectivity index (χ0v) is 12.8. The second kappa shape index (κ2) is 6.46. The SMILES string of the molecule is CC(C)NCc1cccc(Cl)c1N1CCC(C(N)=O)C1. The molecule has 3 N–H and O–H groups in total. The highest BCUT2D eigenvalue weighted by molar-refractivity contribution is 6.33. The maximum Gasteiger partial charge on any atom is 0.222 e. The number of carbonyl (C=O) groups is 1. The molecule has 0 radical (unpaired) electrons. The standard InChI is InChI=1S/C15H22ClN3O/c1-10(2)18-8-11-4-3-5-13(16)14(11)19-7-6-12(9-19)15(17)20/h3-5,10,12,18H,6-9H2,1-2H3,(H2,17,20). The van der Waals surface area contributed by atoms with Gasteiger partial charge in [0.05, 0.1) is 16.6 Å². The molecule has 1 aliphatic rings. The third-order valence-corrected chi connectivity index (χ3v) is 3.98. The summed E-state index contributed by atoms with van der Waals surface area (Å²) in [7, 11) is 0. The number of halogens is 1. The Hall–Kier alpha value is -1.26. The number of nitrogens with two attached hydrogens (primary N) is 1. The van der Waals surface area contributed by atoms with Crippen molar-refractivity contribution in [1.29, 1.82) is 0 Å². The summed E-state index contributed by atoms with van der Waals surface area (Å²) >= 11 is 6.37. The highest BCUT2D eigenvalue weighted by atomic mass is 35.5. The van der Waals surface area contributed by atoms with Crippen LogP contribution in [-0.4, -0.2) is 25.0 Å². The van der Waals surface area contributed by atoms with Crippen molar-refractivity contribution in [3.05, 3.63) is 28.8 Å². The van der Waals surface area contributed by atoms with Gasteiger partial charge in [0.1, 0.15) is 0 Å². The fraction of sp³-hybridized carbons (Fsp3) is 0.533. The van der Waals surface area contributed by atoms with Gasteiger partial charge in [-0.05, 0) is 18.1 Å². The van der Waals surface area contributed by atoms with Crippen LogP contribution in [0, 0.1) is 5.92 Å². The average molecular weight is 296 g/mol. The van der Waals surface area contributed by atoms with Crippen LogP contribution in [0.15, 0.2) is 18.2 Å². The van der Waals surface area contributed by atoms with Crippen LogP contribution in [0.2, 0.25) is 5.02 Å². The Bertz CT molecular complexity index is 490. The van der Waals surface area contributed by atoms with Crippen molar-refractivity contribution in [2.45, 2.75) is 32.9 Å². The predicted molar refractivity (Wildman–Crippen MR) is 82.9 cm³/mol. The zero-order chi connectivity index (χ0) is 14.7. The van der Waals surface area contributed by atoms with E-state index in [0.29, 0.717) is 12.6 Å². The number of nitrogens with zero attached hydrogens (tertiary/aromatic N) is 1. The van der Waals surface area contributed by atoms with Crippen molar-refractivity contribution in [2.24, 2.45) is 11.7 Å². The number of nitrogens with one attached hydrogen (secondary N) is 1. The summed E-state index contributed by atoms with van der Waals surface area (Å²) in [5.41, 5.74) is 7.60. The molecule has 2 rings (SSSR count). The molecular formula is C15H22ClN3O. The molecule has 0 aromatic heterocycles. The second-order valence-electron chi connectivity index (χ2n) is 5.62. The van der Waals surface area contributed by atoms with Crippen molar-refractivity contribution in [2.75, 3.05) is 18.0 Å². The van der Waals surface area contributed by atoms with Gasteiger partial charge in [-0.1, -0.05) is 37.6 Å². The number of rotatable bonds is 5. The second-order valence-corrected chi connectivity index (χ2v) is 6.02. The van der Waals surface area contributed by atoms with Gasteiger partial charge >= 0.3 is 0 Å². The minimum atomic E-state index is -0.221. The maximum absolute atomic E-state index is 11.3. The molecule has 1 aromatic rings. The quantitative estimate of drug-likeness (QED) is 0.875. The van der Waals surface area contributed by atoms with Gasteiger partial charge in [-0.3, -0.25) is 4.79 Å². The molecule has 1 aromatic carbocycles. The van der Waals surface area contributed by atoms with Gasteiger partial charge in [0.15, 0.2) is 0 Å². The lowest BCUT2D eigenvalue weighted by atomic mass is 10.1. The molecule has 1 fully saturated rings. The summed E-state index contributed by atoms with van der Waals surface area (Å²) in [6.07, 6.45) is 0.803. The maximum atomic E-state index is 11.3. The molecule has 1 saturated heterocycles. The topological polar surface area (TPSA) is 58.4 Å². The summed E-state index contributed by atoms with van der Waals surface area (Å²) in [6.45, 7) is 6.48. The van der Waals surface area contributed by atoms with Crippen molar-refractivity contribution in [1.82, 2.24) is 5.32 Å². The van der Waals surface area contributed by atoms with E-state index in [1.165, 1.54) is 0 Å². The number of carbonyl (C=O) groups excluding carboxylic acids is 1. The summed E-state index contributed by atoms with van der Waals surface area (Å²) in [5, 5.41) is 4.14. The molecule has 0 saturated carbocycles. The highest BCUT2D eigenvalue weighted by Gasteiger charge is 2.28. The van der Waals surface area contributed by atoms with E-state index in [9.17, 15) is 4.79 Å². The Morgan fingerprint density at radius 1 is 1.55 bits per heavy atom. The van der Waals surface area contributed by atoms with Crippen LogP contribution in [0.1, 0.15) is 25.8 Å². The predicted octanol–water partition coefficient (Wildman–Crippen LogP) is 2.15. The number of benzene rings is 1. The van der Waals surface area contributed by atoms with Crippen molar-refractivity contribution >= 4 is 23.2 Å². The van der Waals surface area contributed by atoms with E-state index < -0.39 is 0 Å².